The van der Waals surface area contributed by atoms with E-state index in [0.29, 0.717) is 18.7 Å². The minimum Gasteiger partial charge on any atom is -0.507 e. The van der Waals surface area contributed by atoms with Crippen LogP contribution in [0.1, 0.15) is 68.6 Å². The fourth-order valence-electron chi connectivity index (χ4n) is 3.22. The number of nitrogens with zero attached hydrogens (tertiary/aromatic N) is 1. The van der Waals surface area contributed by atoms with Crippen LogP contribution in [0, 0.1) is 0 Å². The zero-order valence-electron chi connectivity index (χ0n) is 16.7. The first-order chi connectivity index (χ1) is 13.1. The van der Waals surface area contributed by atoms with Crippen molar-refractivity contribution in [1.82, 2.24) is 4.90 Å². The highest BCUT2D eigenvalue weighted by Crippen LogP contribution is 2.23. The molecule has 158 valence electrons. The van der Waals surface area contributed by atoms with Gasteiger partial charge in [-0.1, -0.05) is 32.6 Å². The normalized spacial score (nSPS) is 14.2. The number of hydrogen-bond acceptors (Lipinski definition) is 5. The van der Waals surface area contributed by atoms with Crippen LogP contribution < -0.4 is 5.32 Å². The molecule has 1 aromatic rings. The van der Waals surface area contributed by atoms with Gasteiger partial charge in [0.25, 0.3) is 0 Å². The van der Waals surface area contributed by atoms with E-state index < -0.39 is 5.97 Å². The minimum atomic E-state index is -0.535. The number of ether oxygens (including phenoxy) is 1. The predicted octanol–water partition coefficient (Wildman–Crippen LogP) is 4.37. The van der Waals surface area contributed by atoms with Gasteiger partial charge in [-0.3, -0.25) is 4.79 Å². The van der Waals surface area contributed by atoms with E-state index in [1.807, 2.05) is 0 Å². The van der Waals surface area contributed by atoms with Crippen LogP contribution in [0.2, 0.25) is 0 Å². The fraction of sp³-hybridized carbons (Fsp3) is 0.619. The smallest absolute Gasteiger partial charge is 0.341 e. The zero-order chi connectivity index (χ0) is 19.5. The van der Waals surface area contributed by atoms with Gasteiger partial charge in [-0.2, -0.15) is 0 Å². The summed E-state index contributed by atoms with van der Waals surface area (Å²) in [6.07, 6.45) is 8.19. The van der Waals surface area contributed by atoms with E-state index in [1.165, 1.54) is 31.4 Å². The van der Waals surface area contributed by atoms with Crippen LogP contribution in [0.3, 0.4) is 0 Å². The molecular formula is C21H33ClN2O4. The van der Waals surface area contributed by atoms with E-state index in [9.17, 15) is 14.7 Å². The Kier molecular flexibility index (Phi) is 11.6. The highest BCUT2D eigenvalue weighted by molar-refractivity contribution is 5.95. The summed E-state index contributed by atoms with van der Waals surface area (Å²) in [5.74, 6) is -0.805. The number of benzene rings is 1. The highest BCUT2D eigenvalue weighted by atomic mass is 35.5. The lowest BCUT2D eigenvalue weighted by molar-refractivity contribution is -0.116. The van der Waals surface area contributed by atoms with Crippen LogP contribution in [0.4, 0.5) is 5.69 Å². The fourth-order valence-corrected chi connectivity index (χ4v) is 3.22. The first kappa shape index (κ1) is 24.2. The van der Waals surface area contributed by atoms with Crippen LogP contribution >= 0.6 is 12.4 Å². The molecule has 6 nitrogen and oxygen atoms in total. The summed E-state index contributed by atoms with van der Waals surface area (Å²) in [6, 6.07) is 4.50. The van der Waals surface area contributed by atoms with Crippen molar-refractivity contribution < 1.29 is 19.4 Å². The summed E-state index contributed by atoms with van der Waals surface area (Å²) >= 11 is 0. The number of carbonyl (C=O) groups excluding carboxylic acids is 2. The van der Waals surface area contributed by atoms with Crippen molar-refractivity contribution in [2.24, 2.45) is 0 Å². The number of rotatable bonds is 10. The third kappa shape index (κ3) is 8.48. The molecule has 0 aliphatic carbocycles. The van der Waals surface area contributed by atoms with Gasteiger partial charge in [-0.25, -0.2) is 4.79 Å². The molecule has 2 rings (SSSR count). The Bertz CT molecular complexity index is 618. The minimum absolute atomic E-state index is 0. The molecule has 0 saturated carbocycles. The van der Waals surface area contributed by atoms with Gasteiger partial charge < -0.3 is 20.1 Å². The predicted molar refractivity (Wildman–Crippen MR) is 113 cm³/mol. The van der Waals surface area contributed by atoms with Crippen molar-refractivity contribution in [2.75, 3.05) is 31.6 Å². The van der Waals surface area contributed by atoms with E-state index in [4.69, 9.17) is 4.74 Å². The first-order valence-corrected chi connectivity index (χ1v) is 10.1. The molecule has 1 heterocycles. The molecule has 1 aromatic carbocycles. The number of unbranched alkanes of at least 4 members (excludes halogenated alkanes) is 3. The molecule has 0 unspecified atom stereocenters. The van der Waals surface area contributed by atoms with Gasteiger partial charge in [0.05, 0.1) is 6.61 Å². The number of likely N-dealkylation sites (tertiary alicyclic amines) is 1. The number of piperidine rings is 1. The SMILES string of the molecule is CCCCCCOC(=O)c1ccc(NC(=O)CCN2CCCCC2)cc1O.Cl. The van der Waals surface area contributed by atoms with Crippen molar-refractivity contribution >= 4 is 30.0 Å². The Morgan fingerprint density at radius 3 is 2.57 bits per heavy atom. The van der Waals surface area contributed by atoms with E-state index in [2.05, 4.69) is 17.1 Å². The Hall–Kier alpha value is -1.79. The Morgan fingerprint density at radius 1 is 1.14 bits per heavy atom. The van der Waals surface area contributed by atoms with Crippen LogP contribution in [0.25, 0.3) is 0 Å². The number of phenolic OH excluding ortho intramolecular Hbond substituents is 1. The number of carbonyl (C=O) groups is 2. The average molecular weight is 413 g/mol. The average Bonchev–Trinajstić information content (AvgIpc) is 2.67. The third-order valence-corrected chi connectivity index (χ3v) is 4.84. The van der Waals surface area contributed by atoms with Crippen molar-refractivity contribution in [2.45, 2.75) is 58.3 Å². The topological polar surface area (TPSA) is 78.9 Å². The van der Waals surface area contributed by atoms with E-state index >= 15 is 0 Å². The van der Waals surface area contributed by atoms with Crippen molar-refractivity contribution in [1.29, 1.82) is 0 Å². The Morgan fingerprint density at radius 2 is 1.89 bits per heavy atom. The largest absolute Gasteiger partial charge is 0.507 e. The number of esters is 1. The molecule has 0 aromatic heterocycles. The molecule has 28 heavy (non-hydrogen) atoms. The first-order valence-electron chi connectivity index (χ1n) is 10.1. The number of nitrogens with one attached hydrogen (secondary N) is 1. The summed E-state index contributed by atoms with van der Waals surface area (Å²) in [5, 5.41) is 12.9. The quantitative estimate of drug-likeness (QED) is 0.440. The summed E-state index contributed by atoms with van der Waals surface area (Å²) in [4.78, 5) is 26.4. The van der Waals surface area contributed by atoms with Crippen LogP contribution in [0.5, 0.6) is 5.75 Å². The summed E-state index contributed by atoms with van der Waals surface area (Å²) in [5.41, 5.74) is 0.604. The molecule has 1 saturated heterocycles. The molecule has 1 amide bonds. The maximum Gasteiger partial charge on any atom is 0.341 e. The van der Waals surface area contributed by atoms with Crippen molar-refractivity contribution in [3.8, 4) is 5.75 Å². The van der Waals surface area contributed by atoms with Gasteiger partial charge >= 0.3 is 5.97 Å². The van der Waals surface area contributed by atoms with E-state index in [1.54, 1.807) is 6.07 Å². The Balaban J connectivity index is 0.00000392. The zero-order valence-corrected chi connectivity index (χ0v) is 17.6. The number of aromatic hydroxyl groups is 1. The van der Waals surface area contributed by atoms with Crippen LogP contribution in [-0.2, 0) is 9.53 Å². The summed E-state index contributed by atoms with van der Waals surface area (Å²) in [6.45, 7) is 5.35. The van der Waals surface area contributed by atoms with Gasteiger partial charge in [0.15, 0.2) is 0 Å². The molecule has 0 bridgehead atoms. The van der Waals surface area contributed by atoms with Gasteiger partial charge in [-0.05, 0) is 44.5 Å². The van der Waals surface area contributed by atoms with E-state index in [-0.39, 0.29) is 29.6 Å². The maximum atomic E-state index is 12.1. The lowest BCUT2D eigenvalue weighted by Crippen LogP contribution is -2.32. The van der Waals surface area contributed by atoms with Gasteiger partial charge in [0.2, 0.25) is 5.91 Å². The molecule has 2 N–H and O–H groups in total. The highest BCUT2D eigenvalue weighted by Gasteiger charge is 2.15. The maximum absolute atomic E-state index is 12.1. The number of halogens is 1. The summed E-state index contributed by atoms with van der Waals surface area (Å²) < 4.78 is 5.19. The number of anilines is 1. The van der Waals surface area contributed by atoms with Crippen LogP contribution in [-0.4, -0.2) is 48.1 Å². The second-order valence-corrected chi connectivity index (χ2v) is 7.13. The second kappa shape index (κ2) is 13.4. The van der Waals surface area contributed by atoms with Gasteiger partial charge in [0, 0.05) is 24.7 Å². The lowest BCUT2D eigenvalue weighted by Gasteiger charge is -2.25. The molecule has 7 heteroatoms. The molecule has 1 aliphatic heterocycles. The monoisotopic (exact) mass is 412 g/mol. The molecular weight excluding hydrogens is 380 g/mol. The van der Waals surface area contributed by atoms with Crippen molar-refractivity contribution in [3.63, 3.8) is 0 Å². The standard InChI is InChI=1S/C21H32N2O4.ClH/c1-2-3-4-8-15-27-21(26)18-10-9-17(16-19(18)24)22-20(25)11-14-23-12-6-5-7-13-23;/h9-10,16,24H,2-8,11-15H2,1H3,(H,22,25);1H. The number of amides is 1. The third-order valence-electron chi connectivity index (χ3n) is 4.84. The number of hydrogen-bond donors (Lipinski definition) is 2. The van der Waals surface area contributed by atoms with E-state index in [0.717, 1.165) is 45.3 Å². The lowest BCUT2D eigenvalue weighted by atomic mass is 10.1. The number of phenols is 1. The second-order valence-electron chi connectivity index (χ2n) is 7.13. The molecule has 0 radical (unpaired) electrons. The van der Waals surface area contributed by atoms with Gasteiger partial charge in [0.1, 0.15) is 11.3 Å². The Labute approximate surface area is 174 Å². The molecule has 1 fully saturated rings. The molecule has 0 atom stereocenters. The van der Waals surface area contributed by atoms with Crippen molar-refractivity contribution in [3.05, 3.63) is 23.8 Å². The molecule has 0 spiro atoms. The summed E-state index contributed by atoms with van der Waals surface area (Å²) in [7, 11) is 0. The van der Waals surface area contributed by atoms with Gasteiger partial charge in [-0.15, -0.1) is 12.4 Å². The molecule has 1 aliphatic rings. The van der Waals surface area contributed by atoms with Crippen LogP contribution in [0.15, 0.2) is 18.2 Å².